The van der Waals surface area contributed by atoms with E-state index in [1.165, 1.54) is 19.0 Å². The van der Waals surface area contributed by atoms with Crippen molar-refractivity contribution >= 4 is 50.9 Å². The standard InChI is InChI=1S/C28H32Cl2N4O4S/c1-4-31-28(36)26(18-21-12-7-5-8-13-21)33(19-23-24(29)16-11-17-25(23)30)27(35)20-34(39(37,38)32(2)3)22-14-9-6-10-15-22/h5-17,26H,4,18-20H2,1-3H3,(H,31,36)/t26-/m0/s1. The summed E-state index contributed by atoms with van der Waals surface area (Å²) < 4.78 is 28.7. The van der Waals surface area contributed by atoms with Crippen LogP contribution in [-0.2, 0) is 32.8 Å². The number of nitrogens with one attached hydrogen (secondary N) is 1. The Kier molecular flexibility index (Phi) is 10.8. The van der Waals surface area contributed by atoms with Gasteiger partial charge < -0.3 is 10.2 Å². The summed E-state index contributed by atoms with van der Waals surface area (Å²) in [6.07, 6.45) is 0.201. The van der Waals surface area contributed by atoms with E-state index in [4.69, 9.17) is 23.2 Å². The van der Waals surface area contributed by atoms with Gasteiger partial charge in [-0.25, -0.2) is 4.31 Å². The number of carbonyl (C=O) groups is 2. The van der Waals surface area contributed by atoms with Crippen molar-refractivity contribution in [1.82, 2.24) is 14.5 Å². The molecule has 0 heterocycles. The third-order valence-electron chi connectivity index (χ3n) is 6.08. The maximum atomic E-state index is 14.1. The maximum Gasteiger partial charge on any atom is 0.304 e. The highest BCUT2D eigenvalue weighted by molar-refractivity contribution is 7.90. The van der Waals surface area contributed by atoms with Crippen LogP contribution in [0.15, 0.2) is 78.9 Å². The number of hydrogen-bond acceptors (Lipinski definition) is 4. The Hall–Kier alpha value is -3.11. The maximum absolute atomic E-state index is 14.1. The van der Waals surface area contributed by atoms with Gasteiger partial charge in [0.15, 0.2) is 0 Å². The summed E-state index contributed by atoms with van der Waals surface area (Å²) >= 11 is 12.9. The van der Waals surface area contributed by atoms with E-state index in [-0.39, 0.29) is 18.9 Å². The van der Waals surface area contributed by atoms with Gasteiger partial charge >= 0.3 is 10.2 Å². The molecule has 0 spiro atoms. The highest BCUT2D eigenvalue weighted by Gasteiger charge is 2.35. The number of carbonyl (C=O) groups excluding carboxylic acids is 2. The van der Waals surface area contributed by atoms with Gasteiger partial charge in [-0.1, -0.05) is 77.8 Å². The molecule has 0 radical (unpaired) electrons. The number of benzene rings is 3. The van der Waals surface area contributed by atoms with Crippen LogP contribution in [0.1, 0.15) is 18.1 Å². The van der Waals surface area contributed by atoms with Crippen molar-refractivity contribution in [1.29, 1.82) is 0 Å². The van der Waals surface area contributed by atoms with Crippen LogP contribution in [0.4, 0.5) is 5.69 Å². The van der Waals surface area contributed by atoms with E-state index in [2.05, 4.69) is 5.32 Å². The van der Waals surface area contributed by atoms with Crippen LogP contribution in [0.2, 0.25) is 10.0 Å². The first kappa shape index (κ1) is 30.4. The van der Waals surface area contributed by atoms with E-state index in [1.807, 2.05) is 30.3 Å². The third-order valence-corrected chi connectivity index (χ3v) is 8.60. The minimum Gasteiger partial charge on any atom is -0.355 e. The second-order valence-corrected chi connectivity index (χ2v) is 11.8. The van der Waals surface area contributed by atoms with Crippen LogP contribution < -0.4 is 9.62 Å². The van der Waals surface area contributed by atoms with E-state index in [0.717, 1.165) is 14.2 Å². The number of amides is 2. The highest BCUT2D eigenvalue weighted by Crippen LogP contribution is 2.28. The molecule has 2 amide bonds. The summed E-state index contributed by atoms with van der Waals surface area (Å²) in [5.74, 6) is -0.966. The first-order valence-electron chi connectivity index (χ1n) is 12.4. The van der Waals surface area contributed by atoms with Crippen molar-refractivity contribution in [2.45, 2.75) is 25.9 Å². The summed E-state index contributed by atoms with van der Waals surface area (Å²) in [7, 11) is -1.27. The van der Waals surface area contributed by atoms with E-state index in [9.17, 15) is 18.0 Å². The molecule has 11 heteroatoms. The van der Waals surface area contributed by atoms with Crippen LogP contribution in [0.25, 0.3) is 0 Å². The van der Waals surface area contributed by atoms with Crippen LogP contribution in [0.3, 0.4) is 0 Å². The molecule has 8 nitrogen and oxygen atoms in total. The van der Waals surface area contributed by atoms with Gasteiger partial charge in [-0.15, -0.1) is 0 Å². The molecule has 39 heavy (non-hydrogen) atoms. The van der Waals surface area contributed by atoms with Gasteiger partial charge in [-0.3, -0.25) is 9.59 Å². The molecule has 1 N–H and O–H groups in total. The Morgan fingerprint density at radius 1 is 0.872 bits per heavy atom. The fourth-order valence-corrected chi connectivity index (χ4v) is 5.58. The number of rotatable bonds is 12. The van der Waals surface area contributed by atoms with Gasteiger partial charge in [0.1, 0.15) is 12.6 Å². The minimum absolute atomic E-state index is 0.101. The van der Waals surface area contributed by atoms with Crippen molar-refractivity contribution in [3.8, 4) is 0 Å². The summed E-state index contributed by atoms with van der Waals surface area (Å²) in [5.41, 5.74) is 1.60. The fourth-order valence-electron chi connectivity index (χ4n) is 4.01. The molecule has 0 aromatic heterocycles. The first-order chi connectivity index (χ1) is 18.6. The van der Waals surface area contributed by atoms with Gasteiger partial charge in [-0.05, 0) is 36.8 Å². The first-order valence-corrected chi connectivity index (χ1v) is 14.5. The number of anilines is 1. The highest BCUT2D eigenvalue weighted by atomic mass is 35.5. The Morgan fingerprint density at radius 2 is 1.44 bits per heavy atom. The number of nitrogens with zero attached hydrogens (tertiary/aromatic N) is 3. The van der Waals surface area contributed by atoms with E-state index in [1.54, 1.807) is 55.5 Å². The summed E-state index contributed by atoms with van der Waals surface area (Å²) in [6, 6.07) is 21.6. The fraction of sp³-hybridized carbons (Fsp3) is 0.286. The van der Waals surface area contributed by atoms with Crippen molar-refractivity contribution in [2.24, 2.45) is 0 Å². The molecule has 0 bridgehead atoms. The Labute approximate surface area is 240 Å². The monoisotopic (exact) mass is 590 g/mol. The van der Waals surface area contributed by atoms with Gasteiger partial charge in [0.05, 0.1) is 5.69 Å². The number of halogens is 2. The second kappa shape index (κ2) is 13.8. The zero-order chi connectivity index (χ0) is 28.6. The normalized spacial score (nSPS) is 12.2. The average Bonchev–Trinajstić information content (AvgIpc) is 2.91. The summed E-state index contributed by atoms with van der Waals surface area (Å²) in [6.45, 7) is 1.49. The average molecular weight is 592 g/mol. The smallest absolute Gasteiger partial charge is 0.304 e. The molecule has 0 aliphatic rings. The minimum atomic E-state index is -4.06. The van der Waals surface area contributed by atoms with E-state index < -0.39 is 28.7 Å². The zero-order valence-corrected chi connectivity index (χ0v) is 24.4. The molecule has 1 atom stereocenters. The summed E-state index contributed by atoms with van der Waals surface area (Å²) in [5, 5.41) is 3.47. The SMILES string of the molecule is CCNC(=O)[C@H](Cc1ccccc1)N(Cc1c(Cl)cccc1Cl)C(=O)CN(c1ccccc1)S(=O)(=O)N(C)C. The Bertz CT molecular complexity index is 1350. The second-order valence-electron chi connectivity index (χ2n) is 8.95. The van der Waals surface area contributed by atoms with Crippen molar-refractivity contribution in [3.63, 3.8) is 0 Å². The molecule has 3 rings (SSSR count). The topological polar surface area (TPSA) is 90.0 Å². The van der Waals surface area contributed by atoms with Crippen molar-refractivity contribution in [3.05, 3.63) is 100 Å². The van der Waals surface area contributed by atoms with Gasteiger partial charge in [0.25, 0.3) is 0 Å². The molecule has 0 unspecified atom stereocenters. The Balaban J connectivity index is 2.11. The zero-order valence-electron chi connectivity index (χ0n) is 22.1. The molecule has 0 saturated heterocycles. The molecule has 208 valence electrons. The van der Waals surface area contributed by atoms with Crippen LogP contribution in [0, 0.1) is 0 Å². The van der Waals surface area contributed by atoms with Crippen LogP contribution in [0.5, 0.6) is 0 Å². The number of likely N-dealkylation sites (N-methyl/N-ethyl adjacent to an activating group) is 1. The predicted octanol–water partition coefficient (Wildman–Crippen LogP) is 4.38. The molecule has 3 aromatic rings. The lowest BCUT2D eigenvalue weighted by atomic mass is 10.0. The lowest BCUT2D eigenvalue weighted by molar-refractivity contribution is -0.140. The quantitative estimate of drug-likeness (QED) is 0.339. The number of para-hydroxylation sites is 1. The predicted molar refractivity (Wildman–Crippen MR) is 156 cm³/mol. The van der Waals surface area contributed by atoms with Crippen molar-refractivity contribution in [2.75, 3.05) is 31.5 Å². The molecular formula is C28H32Cl2N4O4S. The lowest BCUT2D eigenvalue weighted by Gasteiger charge is -2.34. The molecule has 3 aromatic carbocycles. The number of hydrogen-bond donors (Lipinski definition) is 1. The van der Waals surface area contributed by atoms with Gasteiger partial charge in [0, 0.05) is 49.2 Å². The molecule has 0 aliphatic heterocycles. The molecular weight excluding hydrogens is 559 g/mol. The molecule has 0 aliphatic carbocycles. The summed E-state index contributed by atoms with van der Waals surface area (Å²) in [4.78, 5) is 28.9. The van der Waals surface area contributed by atoms with Crippen LogP contribution >= 0.6 is 23.2 Å². The Morgan fingerprint density at radius 3 is 1.97 bits per heavy atom. The largest absolute Gasteiger partial charge is 0.355 e. The third kappa shape index (κ3) is 7.73. The van der Waals surface area contributed by atoms with Crippen LogP contribution in [-0.4, -0.2) is 62.7 Å². The van der Waals surface area contributed by atoms with E-state index >= 15 is 0 Å². The molecule has 0 saturated carbocycles. The lowest BCUT2D eigenvalue weighted by Crippen LogP contribution is -2.54. The molecule has 0 fully saturated rings. The van der Waals surface area contributed by atoms with Gasteiger partial charge in [0.2, 0.25) is 11.8 Å². The van der Waals surface area contributed by atoms with Crippen molar-refractivity contribution < 1.29 is 18.0 Å². The van der Waals surface area contributed by atoms with E-state index in [0.29, 0.717) is 27.8 Å². The van der Waals surface area contributed by atoms with Gasteiger partial charge in [-0.2, -0.15) is 12.7 Å².